The summed E-state index contributed by atoms with van der Waals surface area (Å²) in [5.41, 5.74) is 0.586. The van der Waals surface area contributed by atoms with Crippen LogP contribution in [0.1, 0.15) is 66.6 Å². The van der Waals surface area contributed by atoms with E-state index in [0.717, 1.165) is 19.3 Å². The minimum Gasteiger partial charge on any atom is -0.340 e. The number of carbonyl (C=O) groups is 2. The van der Waals surface area contributed by atoms with E-state index in [9.17, 15) is 9.59 Å². The molecule has 29 heavy (non-hydrogen) atoms. The number of hydrogen-bond acceptors (Lipinski definition) is 5. The van der Waals surface area contributed by atoms with Gasteiger partial charge in [-0.25, -0.2) is 4.98 Å². The minimum absolute atomic E-state index is 0.0788. The highest BCUT2D eigenvalue weighted by molar-refractivity contribution is 5.94. The van der Waals surface area contributed by atoms with Crippen LogP contribution in [0.25, 0.3) is 0 Å². The van der Waals surface area contributed by atoms with Crippen molar-refractivity contribution < 1.29 is 9.59 Å². The summed E-state index contributed by atoms with van der Waals surface area (Å²) in [4.78, 5) is 38.4. The van der Waals surface area contributed by atoms with Crippen molar-refractivity contribution >= 4 is 11.8 Å². The van der Waals surface area contributed by atoms with Crippen molar-refractivity contribution in [2.24, 2.45) is 5.92 Å². The molecule has 154 valence electrons. The van der Waals surface area contributed by atoms with Gasteiger partial charge in [0.05, 0.1) is 0 Å². The van der Waals surface area contributed by atoms with E-state index in [4.69, 9.17) is 0 Å². The summed E-state index contributed by atoms with van der Waals surface area (Å²) in [6.07, 6.45) is 9.34. The number of aryl methyl sites for hydroxylation is 1. The van der Waals surface area contributed by atoms with Gasteiger partial charge >= 0.3 is 0 Å². The van der Waals surface area contributed by atoms with Gasteiger partial charge in [-0.1, -0.05) is 12.8 Å². The lowest BCUT2D eigenvalue weighted by atomic mass is 10.0. The first-order valence-corrected chi connectivity index (χ1v) is 10.5. The fourth-order valence-corrected chi connectivity index (χ4v) is 4.44. The Morgan fingerprint density at radius 2 is 1.90 bits per heavy atom. The molecular formula is C21H28N6O2. The monoisotopic (exact) mass is 396 g/mol. The number of carbonyl (C=O) groups excluding carboxylic acids is 2. The molecule has 1 atom stereocenters. The van der Waals surface area contributed by atoms with Crippen LogP contribution < -0.4 is 0 Å². The Labute approximate surface area is 170 Å². The van der Waals surface area contributed by atoms with Crippen molar-refractivity contribution in [2.45, 2.75) is 51.5 Å². The predicted octanol–water partition coefficient (Wildman–Crippen LogP) is 2.50. The zero-order valence-electron chi connectivity index (χ0n) is 16.9. The molecule has 2 aliphatic rings. The highest BCUT2D eigenvalue weighted by Gasteiger charge is 2.35. The Hall–Kier alpha value is -2.77. The van der Waals surface area contributed by atoms with E-state index < -0.39 is 0 Å². The Kier molecular flexibility index (Phi) is 5.87. The molecule has 8 heteroatoms. The zero-order chi connectivity index (χ0) is 20.2. The number of H-pyrrole nitrogens is 1. The average Bonchev–Trinajstić information content (AvgIpc) is 3.34. The lowest BCUT2D eigenvalue weighted by molar-refractivity contribution is -0.132. The van der Waals surface area contributed by atoms with Gasteiger partial charge in [0.25, 0.3) is 5.91 Å². The number of rotatable bonds is 4. The molecule has 4 rings (SSSR count). The molecule has 1 unspecified atom stereocenters. The molecule has 2 fully saturated rings. The average molecular weight is 396 g/mol. The fraction of sp³-hybridized carbons (Fsp3) is 0.571. The number of nitrogens with one attached hydrogen (secondary N) is 1. The summed E-state index contributed by atoms with van der Waals surface area (Å²) in [5, 5.41) is 7.20. The molecule has 1 saturated carbocycles. The molecule has 1 aliphatic carbocycles. The number of amides is 2. The molecule has 8 nitrogen and oxygen atoms in total. The number of hydrogen-bond donors (Lipinski definition) is 1. The van der Waals surface area contributed by atoms with E-state index >= 15 is 0 Å². The van der Waals surface area contributed by atoms with Gasteiger partial charge in [-0.05, 0) is 44.2 Å². The van der Waals surface area contributed by atoms with Gasteiger partial charge in [-0.2, -0.15) is 5.10 Å². The van der Waals surface area contributed by atoms with Crippen LogP contribution >= 0.6 is 0 Å². The molecule has 0 bridgehead atoms. The maximum absolute atomic E-state index is 13.2. The summed E-state index contributed by atoms with van der Waals surface area (Å²) in [6.45, 7) is 3.49. The van der Waals surface area contributed by atoms with Crippen LogP contribution in [-0.2, 0) is 4.79 Å². The number of aromatic amines is 1. The van der Waals surface area contributed by atoms with Crippen molar-refractivity contribution in [1.82, 2.24) is 30.0 Å². The van der Waals surface area contributed by atoms with Gasteiger partial charge in [0, 0.05) is 44.0 Å². The molecule has 3 heterocycles. The van der Waals surface area contributed by atoms with Gasteiger partial charge in [-0.3, -0.25) is 19.7 Å². The maximum Gasteiger partial charge on any atom is 0.254 e. The first-order chi connectivity index (χ1) is 14.1. The van der Waals surface area contributed by atoms with E-state index in [0.29, 0.717) is 49.2 Å². The second kappa shape index (κ2) is 8.71. The number of pyridine rings is 1. The van der Waals surface area contributed by atoms with E-state index in [1.807, 2.05) is 11.8 Å². The van der Waals surface area contributed by atoms with E-state index in [2.05, 4.69) is 20.2 Å². The Balaban J connectivity index is 1.57. The summed E-state index contributed by atoms with van der Waals surface area (Å²) >= 11 is 0. The Bertz CT molecular complexity index is 846. The molecular weight excluding hydrogens is 368 g/mol. The van der Waals surface area contributed by atoms with Crippen LogP contribution in [0.2, 0.25) is 0 Å². The van der Waals surface area contributed by atoms with Crippen molar-refractivity contribution in [3.63, 3.8) is 0 Å². The van der Waals surface area contributed by atoms with E-state index in [1.165, 1.54) is 12.8 Å². The molecule has 1 saturated heterocycles. The van der Waals surface area contributed by atoms with E-state index in [1.54, 1.807) is 29.4 Å². The standard InChI is InChI=1S/C21H28N6O2/c1-15-23-20(25-24-15)18-14-26(19(28)13-16-5-2-3-6-16)11-4-12-27(18)21(29)17-7-9-22-10-8-17/h7-10,16,18H,2-6,11-14H2,1H3,(H,23,24,25). The second-order valence-electron chi connectivity index (χ2n) is 8.08. The molecule has 2 amide bonds. The normalized spacial score (nSPS) is 20.7. The topological polar surface area (TPSA) is 95.1 Å². The van der Waals surface area contributed by atoms with Gasteiger partial charge in [0.2, 0.25) is 5.91 Å². The number of aromatic nitrogens is 4. The van der Waals surface area contributed by atoms with Crippen LogP contribution in [0.5, 0.6) is 0 Å². The van der Waals surface area contributed by atoms with Gasteiger partial charge in [0.1, 0.15) is 11.9 Å². The molecule has 2 aromatic rings. The highest BCUT2D eigenvalue weighted by atomic mass is 16.2. The van der Waals surface area contributed by atoms with Gasteiger partial charge < -0.3 is 9.80 Å². The number of nitrogens with zero attached hydrogens (tertiary/aromatic N) is 5. The molecule has 0 aromatic carbocycles. The minimum atomic E-state index is -0.365. The Morgan fingerprint density at radius 3 is 2.59 bits per heavy atom. The van der Waals surface area contributed by atoms with E-state index in [-0.39, 0.29) is 17.9 Å². The SMILES string of the molecule is Cc1nc(C2CN(C(=O)CC3CCCC3)CCCN2C(=O)c2ccncc2)n[nH]1. The smallest absolute Gasteiger partial charge is 0.254 e. The lowest BCUT2D eigenvalue weighted by Gasteiger charge is -2.30. The fourth-order valence-electron chi connectivity index (χ4n) is 4.44. The van der Waals surface area contributed by atoms with Gasteiger partial charge in [0.15, 0.2) is 5.82 Å². The quantitative estimate of drug-likeness (QED) is 0.857. The summed E-state index contributed by atoms with van der Waals surface area (Å²) in [6, 6.07) is 3.07. The van der Waals surface area contributed by atoms with Crippen LogP contribution in [0.3, 0.4) is 0 Å². The predicted molar refractivity (Wildman–Crippen MR) is 107 cm³/mol. The lowest BCUT2D eigenvalue weighted by Crippen LogP contribution is -2.41. The highest BCUT2D eigenvalue weighted by Crippen LogP contribution is 2.30. The van der Waals surface area contributed by atoms with Gasteiger partial charge in [-0.15, -0.1) is 0 Å². The van der Waals surface area contributed by atoms with Crippen LogP contribution in [0.15, 0.2) is 24.5 Å². The van der Waals surface area contributed by atoms with Crippen molar-refractivity contribution in [3.8, 4) is 0 Å². The molecule has 1 aliphatic heterocycles. The van der Waals surface area contributed by atoms with Crippen LogP contribution in [0, 0.1) is 12.8 Å². The molecule has 0 spiro atoms. The summed E-state index contributed by atoms with van der Waals surface area (Å²) in [7, 11) is 0. The van der Waals surface area contributed by atoms with Crippen LogP contribution in [0.4, 0.5) is 0 Å². The largest absolute Gasteiger partial charge is 0.340 e. The first-order valence-electron chi connectivity index (χ1n) is 10.5. The van der Waals surface area contributed by atoms with Crippen molar-refractivity contribution in [1.29, 1.82) is 0 Å². The first kappa shape index (κ1) is 19.5. The molecule has 0 radical (unpaired) electrons. The third kappa shape index (κ3) is 4.46. The third-order valence-electron chi connectivity index (χ3n) is 5.99. The zero-order valence-corrected chi connectivity index (χ0v) is 16.9. The van der Waals surface area contributed by atoms with Crippen LogP contribution in [-0.4, -0.2) is 61.4 Å². The summed E-state index contributed by atoms with van der Waals surface area (Å²) in [5.74, 6) is 1.87. The third-order valence-corrected chi connectivity index (χ3v) is 5.99. The van der Waals surface area contributed by atoms with Crippen molar-refractivity contribution in [3.05, 3.63) is 41.7 Å². The molecule has 2 aromatic heterocycles. The maximum atomic E-state index is 13.2. The summed E-state index contributed by atoms with van der Waals surface area (Å²) < 4.78 is 0. The molecule has 1 N–H and O–H groups in total. The second-order valence-corrected chi connectivity index (χ2v) is 8.08. The van der Waals surface area contributed by atoms with Crippen molar-refractivity contribution in [2.75, 3.05) is 19.6 Å². The Morgan fingerprint density at radius 1 is 1.14 bits per heavy atom.